The van der Waals surface area contributed by atoms with E-state index in [9.17, 15) is 4.57 Å². The minimum atomic E-state index is -3.45. The van der Waals surface area contributed by atoms with Crippen molar-refractivity contribution < 1.29 is 18.1 Å². The molecule has 0 amide bonds. The lowest BCUT2D eigenvalue weighted by molar-refractivity contribution is 0.211. The van der Waals surface area contributed by atoms with Gasteiger partial charge in [0.25, 0.3) is 0 Å². The zero-order valence-electron chi connectivity index (χ0n) is 8.69. The predicted octanol–water partition coefficient (Wildman–Crippen LogP) is 3.54. The zero-order chi connectivity index (χ0) is 11.5. The summed E-state index contributed by atoms with van der Waals surface area (Å²) in [4.78, 5) is 0. The maximum Gasteiger partial charge on any atom is 0.529 e. The molecule has 0 aromatic heterocycles. The van der Waals surface area contributed by atoms with Crippen LogP contribution in [0.3, 0.4) is 0 Å². The summed E-state index contributed by atoms with van der Waals surface area (Å²) in [5, 5.41) is 0. The average Bonchev–Trinajstić information content (AvgIpc) is 2.23. The Morgan fingerprint density at radius 2 is 1.87 bits per heavy atom. The quantitative estimate of drug-likeness (QED) is 0.797. The van der Waals surface area contributed by atoms with Gasteiger partial charge >= 0.3 is 7.82 Å². The van der Waals surface area contributed by atoms with Crippen LogP contribution in [0.25, 0.3) is 0 Å². The molecule has 1 rings (SSSR count). The van der Waals surface area contributed by atoms with Crippen molar-refractivity contribution in [2.24, 2.45) is 0 Å². The highest BCUT2D eigenvalue weighted by Gasteiger charge is 2.24. The zero-order valence-corrected chi connectivity index (χ0v) is 11.2. The van der Waals surface area contributed by atoms with Crippen LogP contribution in [0.2, 0.25) is 0 Å². The molecule has 0 aliphatic rings. The molecule has 0 aliphatic carbocycles. The van der Waals surface area contributed by atoms with E-state index < -0.39 is 7.82 Å². The molecule has 0 heterocycles. The Balaban J connectivity index is 2.90. The number of hydrogen-bond acceptors (Lipinski definition) is 4. The standard InChI is InChI=1S/C9H12BrO4P/c1-7-6-8(4-5-9(7)10)14-15(11,12-2)13-3/h4-6H,1-3H3. The summed E-state index contributed by atoms with van der Waals surface area (Å²) in [6.07, 6.45) is 0. The fraction of sp³-hybridized carbons (Fsp3) is 0.333. The lowest BCUT2D eigenvalue weighted by Gasteiger charge is -2.14. The fourth-order valence-electron chi connectivity index (χ4n) is 0.952. The molecule has 0 radical (unpaired) electrons. The van der Waals surface area contributed by atoms with Crippen LogP contribution in [0, 0.1) is 6.92 Å². The van der Waals surface area contributed by atoms with Crippen LogP contribution in [-0.2, 0) is 13.6 Å². The first-order chi connectivity index (χ1) is 7.00. The van der Waals surface area contributed by atoms with Crippen LogP contribution in [0.5, 0.6) is 5.75 Å². The molecule has 6 heteroatoms. The third-order valence-corrected chi connectivity index (χ3v) is 4.01. The molecule has 15 heavy (non-hydrogen) atoms. The Morgan fingerprint density at radius 3 is 2.33 bits per heavy atom. The maximum absolute atomic E-state index is 11.6. The lowest BCUT2D eigenvalue weighted by atomic mass is 10.2. The topological polar surface area (TPSA) is 44.8 Å². The molecule has 1 aromatic carbocycles. The monoisotopic (exact) mass is 294 g/mol. The van der Waals surface area contributed by atoms with Crippen LogP contribution in [-0.4, -0.2) is 14.2 Å². The van der Waals surface area contributed by atoms with Gasteiger partial charge in [0, 0.05) is 18.7 Å². The summed E-state index contributed by atoms with van der Waals surface area (Å²) in [7, 11) is -0.906. The van der Waals surface area contributed by atoms with Gasteiger partial charge in [-0.25, -0.2) is 4.57 Å². The number of rotatable bonds is 4. The molecule has 0 saturated heterocycles. The highest BCUT2D eigenvalue weighted by atomic mass is 79.9. The highest BCUT2D eigenvalue weighted by molar-refractivity contribution is 9.10. The van der Waals surface area contributed by atoms with Gasteiger partial charge in [-0.3, -0.25) is 9.05 Å². The van der Waals surface area contributed by atoms with Crippen molar-refractivity contribution in [3.63, 3.8) is 0 Å². The van der Waals surface area contributed by atoms with Crippen molar-refractivity contribution in [1.82, 2.24) is 0 Å². The van der Waals surface area contributed by atoms with Crippen molar-refractivity contribution in [2.45, 2.75) is 6.92 Å². The van der Waals surface area contributed by atoms with E-state index in [0.717, 1.165) is 10.0 Å². The molecule has 0 bridgehead atoms. The Bertz CT molecular complexity index is 386. The highest BCUT2D eigenvalue weighted by Crippen LogP contribution is 2.47. The first-order valence-corrected chi connectivity index (χ1v) is 6.43. The van der Waals surface area contributed by atoms with Gasteiger partial charge in [-0.2, -0.15) is 0 Å². The molecule has 0 N–H and O–H groups in total. The van der Waals surface area contributed by atoms with Gasteiger partial charge in [0.2, 0.25) is 0 Å². The number of halogens is 1. The third-order valence-electron chi connectivity index (χ3n) is 1.79. The van der Waals surface area contributed by atoms with E-state index in [2.05, 4.69) is 25.0 Å². The second-order valence-corrected chi connectivity index (χ2v) is 5.48. The van der Waals surface area contributed by atoms with E-state index in [1.807, 2.05) is 6.92 Å². The van der Waals surface area contributed by atoms with Crippen molar-refractivity contribution in [2.75, 3.05) is 14.2 Å². The summed E-state index contributed by atoms with van der Waals surface area (Å²) in [5.41, 5.74) is 0.978. The van der Waals surface area contributed by atoms with Gasteiger partial charge in [-0.1, -0.05) is 15.9 Å². The summed E-state index contributed by atoms with van der Waals surface area (Å²) >= 11 is 3.36. The first kappa shape index (κ1) is 12.7. The Labute approximate surface area is 97.3 Å². The molecule has 0 fully saturated rings. The summed E-state index contributed by atoms with van der Waals surface area (Å²) in [5.74, 6) is 0.447. The Hall–Kier alpha value is -0.350. The smallest absolute Gasteiger partial charge is 0.404 e. The number of phosphoric ester groups is 1. The maximum atomic E-state index is 11.6. The third kappa shape index (κ3) is 3.31. The van der Waals surface area contributed by atoms with Crippen LogP contribution in [0.1, 0.15) is 5.56 Å². The SMILES string of the molecule is COP(=O)(OC)Oc1ccc(Br)c(C)c1. The second kappa shape index (κ2) is 5.12. The van der Waals surface area contributed by atoms with Crippen molar-refractivity contribution in [3.05, 3.63) is 28.2 Å². The molecule has 84 valence electrons. The molecule has 0 saturated carbocycles. The summed E-state index contributed by atoms with van der Waals surface area (Å²) in [6, 6.07) is 5.23. The van der Waals surface area contributed by atoms with Gasteiger partial charge in [0.15, 0.2) is 0 Å². The van der Waals surface area contributed by atoms with Gasteiger partial charge < -0.3 is 4.52 Å². The number of phosphoric acid groups is 1. The fourth-order valence-corrected chi connectivity index (χ4v) is 1.87. The molecule has 1 aromatic rings. The van der Waals surface area contributed by atoms with E-state index in [-0.39, 0.29) is 0 Å². The molecule has 0 atom stereocenters. The minimum absolute atomic E-state index is 0.447. The van der Waals surface area contributed by atoms with Gasteiger partial charge in [-0.05, 0) is 30.7 Å². The number of aryl methyl sites for hydroxylation is 1. The lowest BCUT2D eigenvalue weighted by Crippen LogP contribution is -1.97. The summed E-state index contributed by atoms with van der Waals surface area (Å²) in [6.45, 7) is 1.90. The largest absolute Gasteiger partial charge is 0.529 e. The minimum Gasteiger partial charge on any atom is -0.404 e. The van der Waals surface area contributed by atoms with E-state index in [0.29, 0.717) is 5.75 Å². The van der Waals surface area contributed by atoms with Crippen LogP contribution < -0.4 is 4.52 Å². The van der Waals surface area contributed by atoms with Crippen molar-refractivity contribution in [3.8, 4) is 5.75 Å². The predicted molar refractivity (Wildman–Crippen MR) is 61.1 cm³/mol. The Morgan fingerprint density at radius 1 is 1.27 bits per heavy atom. The van der Waals surface area contributed by atoms with E-state index in [1.165, 1.54) is 14.2 Å². The molecule has 0 spiro atoms. The van der Waals surface area contributed by atoms with Crippen LogP contribution in [0.4, 0.5) is 0 Å². The summed E-state index contributed by atoms with van der Waals surface area (Å²) < 4.78 is 27.0. The molecule has 0 unspecified atom stereocenters. The van der Waals surface area contributed by atoms with Gasteiger partial charge in [-0.15, -0.1) is 0 Å². The first-order valence-electron chi connectivity index (χ1n) is 4.18. The molecule has 4 nitrogen and oxygen atoms in total. The number of benzene rings is 1. The average molecular weight is 295 g/mol. The molecular formula is C9H12BrO4P. The van der Waals surface area contributed by atoms with Crippen LogP contribution in [0.15, 0.2) is 22.7 Å². The van der Waals surface area contributed by atoms with E-state index in [1.54, 1.807) is 18.2 Å². The van der Waals surface area contributed by atoms with E-state index >= 15 is 0 Å². The molecular weight excluding hydrogens is 283 g/mol. The molecule has 0 aliphatic heterocycles. The van der Waals surface area contributed by atoms with Gasteiger partial charge in [0.05, 0.1) is 0 Å². The van der Waals surface area contributed by atoms with Crippen molar-refractivity contribution >= 4 is 23.8 Å². The van der Waals surface area contributed by atoms with Crippen molar-refractivity contribution in [1.29, 1.82) is 0 Å². The van der Waals surface area contributed by atoms with E-state index in [4.69, 9.17) is 4.52 Å². The van der Waals surface area contributed by atoms with Crippen LogP contribution >= 0.6 is 23.8 Å². The normalized spacial score (nSPS) is 11.5. The second-order valence-electron chi connectivity index (χ2n) is 2.81. The number of hydrogen-bond donors (Lipinski definition) is 0. The Kier molecular flexibility index (Phi) is 4.34. The van der Waals surface area contributed by atoms with Gasteiger partial charge in [0.1, 0.15) is 5.75 Å².